The zero-order valence-electron chi connectivity index (χ0n) is 12.6. The van der Waals surface area contributed by atoms with Crippen LogP contribution in [0, 0.1) is 6.92 Å². The predicted molar refractivity (Wildman–Crippen MR) is 88.8 cm³/mol. The van der Waals surface area contributed by atoms with Crippen LogP contribution in [0.25, 0.3) is 0 Å². The van der Waals surface area contributed by atoms with Crippen molar-refractivity contribution in [2.75, 3.05) is 5.75 Å². The van der Waals surface area contributed by atoms with Crippen LogP contribution in [0.15, 0.2) is 42.6 Å². The van der Waals surface area contributed by atoms with Crippen LogP contribution in [0.5, 0.6) is 11.6 Å². The summed E-state index contributed by atoms with van der Waals surface area (Å²) in [6.45, 7) is 1.99. The van der Waals surface area contributed by atoms with Crippen LogP contribution >= 0.6 is 11.8 Å². The maximum atomic E-state index is 12.4. The summed E-state index contributed by atoms with van der Waals surface area (Å²) in [5.41, 5.74) is 1.44. The number of benzene rings is 1. The van der Waals surface area contributed by atoms with Gasteiger partial charge in [0.15, 0.2) is 0 Å². The molecule has 1 aliphatic rings. The molecule has 1 N–H and O–H groups in total. The van der Waals surface area contributed by atoms with Gasteiger partial charge in [-0.25, -0.2) is 4.98 Å². The monoisotopic (exact) mass is 328 g/mol. The molecule has 118 valence electrons. The van der Waals surface area contributed by atoms with E-state index in [9.17, 15) is 9.59 Å². The van der Waals surface area contributed by atoms with Gasteiger partial charge in [-0.1, -0.05) is 29.5 Å². The summed E-state index contributed by atoms with van der Waals surface area (Å²) in [4.78, 5) is 28.2. The second-order valence-electron chi connectivity index (χ2n) is 5.25. The average Bonchev–Trinajstić information content (AvgIpc) is 2.95. The van der Waals surface area contributed by atoms with E-state index in [1.165, 1.54) is 11.8 Å². The number of amides is 1. The maximum Gasteiger partial charge on any atom is 0.257 e. The molecule has 1 aromatic carbocycles. The maximum absolute atomic E-state index is 12.4. The van der Waals surface area contributed by atoms with Crippen molar-refractivity contribution < 1.29 is 14.3 Å². The highest BCUT2D eigenvalue weighted by Gasteiger charge is 2.28. The molecule has 5 nitrogen and oxygen atoms in total. The van der Waals surface area contributed by atoms with Crippen molar-refractivity contribution in [3.05, 3.63) is 53.7 Å². The Bertz CT molecular complexity index is 731. The molecule has 0 saturated carbocycles. The number of hydrogen-bond donors (Lipinski definition) is 1. The molecule has 0 aliphatic carbocycles. The molecule has 2 heterocycles. The van der Waals surface area contributed by atoms with Crippen molar-refractivity contribution in [2.24, 2.45) is 0 Å². The Kier molecular flexibility index (Phi) is 4.62. The van der Waals surface area contributed by atoms with E-state index in [1.807, 2.05) is 31.2 Å². The summed E-state index contributed by atoms with van der Waals surface area (Å²) >= 11 is 1.25. The number of ether oxygens (including phenoxy) is 1. The second-order valence-corrected chi connectivity index (χ2v) is 6.35. The van der Waals surface area contributed by atoms with Gasteiger partial charge in [0.1, 0.15) is 11.3 Å². The molecule has 0 spiro atoms. The van der Waals surface area contributed by atoms with Crippen molar-refractivity contribution in [1.82, 2.24) is 10.3 Å². The van der Waals surface area contributed by atoms with E-state index in [0.717, 1.165) is 11.3 Å². The van der Waals surface area contributed by atoms with Crippen LogP contribution in [-0.4, -0.2) is 27.8 Å². The number of carbonyl (C=O) groups excluding carboxylic acids is 2. The Balaban J connectivity index is 1.78. The Morgan fingerprint density at radius 2 is 2.09 bits per heavy atom. The molecule has 1 fully saturated rings. The second kappa shape index (κ2) is 6.83. The first-order valence-electron chi connectivity index (χ1n) is 7.30. The Hall–Kier alpha value is -2.34. The molecule has 23 heavy (non-hydrogen) atoms. The SMILES string of the molecule is Cc1ccc(Oc2ncccc2C(=O)N[C@H]2CCSC2=O)cc1. The van der Waals surface area contributed by atoms with Crippen molar-refractivity contribution >= 4 is 22.8 Å². The molecule has 1 atom stereocenters. The van der Waals surface area contributed by atoms with Gasteiger partial charge in [-0.2, -0.15) is 0 Å². The fourth-order valence-corrected chi connectivity index (χ4v) is 3.16. The molecule has 0 bridgehead atoms. The third-order valence-corrected chi connectivity index (χ3v) is 4.50. The van der Waals surface area contributed by atoms with E-state index in [-0.39, 0.29) is 16.9 Å². The van der Waals surface area contributed by atoms with Crippen molar-refractivity contribution in [3.8, 4) is 11.6 Å². The van der Waals surface area contributed by atoms with E-state index < -0.39 is 6.04 Å². The van der Waals surface area contributed by atoms with Gasteiger partial charge in [-0.3, -0.25) is 9.59 Å². The Morgan fingerprint density at radius 3 is 2.78 bits per heavy atom. The van der Waals surface area contributed by atoms with E-state index >= 15 is 0 Å². The third-order valence-electron chi connectivity index (χ3n) is 3.49. The normalized spacial score (nSPS) is 17.1. The van der Waals surface area contributed by atoms with Gasteiger partial charge in [-0.15, -0.1) is 0 Å². The zero-order chi connectivity index (χ0) is 16.2. The molecular weight excluding hydrogens is 312 g/mol. The van der Waals surface area contributed by atoms with Crippen LogP contribution in [0.4, 0.5) is 0 Å². The van der Waals surface area contributed by atoms with Crippen molar-refractivity contribution in [2.45, 2.75) is 19.4 Å². The highest BCUT2D eigenvalue weighted by molar-refractivity contribution is 8.14. The minimum atomic E-state index is -0.431. The van der Waals surface area contributed by atoms with Gasteiger partial charge in [0.05, 0.1) is 6.04 Å². The summed E-state index contributed by atoms with van der Waals surface area (Å²) in [6.07, 6.45) is 2.22. The number of nitrogens with one attached hydrogen (secondary N) is 1. The number of rotatable bonds is 4. The summed E-state index contributed by atoms with van der Waals surface area (Å²) < 4.78 is 5.71. The number of aromatic nitrogens is 1. The van der Waals surface area contributed by atoms with Crippen LogP contribution in [0.2, 0.25) is 0 Å². The lowest BCUT2D eigenvalue weighted by Crippen LogP contribution is -2.37. The van der Waals surface area contributed by atoms with Gasteiger partial charge in [-0.05, 0) is 37.6 Å². The van der Waals surface area contributed by atoms with Crippen LogP contribution < -0.4 is 10.1 Å². The van der Waals surface area contributed by atoms with E-state index in [0.29, 0.717) is 17.7 Å². The number of aryl methyl sites for hydroxylation is 1. The largest absolute Gasteiger partial charge is 0.438 e. The first-order valence-corrected chi connectivity index (χ1v) is 8.29. The minimum Gasteiger partial charge on any atom is -0.438 e. The van der Waals surface area contributed by atoms with Gasteiger partial charge >= 0.3 is 0 Å². The van der Waals surface area contributed by atoms with Crippen molar-refractivity contribution in [3.63, 3.8) is 0 Å². The summed E-state index contributed by atoms with van der Waals surface area (Å²) in [5.74, 6) is 1.23. The van der Waals surface area contributed by atoms with Gasteiger partial charge < -0.3 is 10.1 Å². The van der Waals surface area contributed by atoms with Gasteiger partial charge in [0.25, 0.3) is 5.91 Å². The van der Waals surface area contributed by atoms with Crippen molar-refractivity contribution in [1.29, 1.82) is 0 Å². The molecule has 1 amide bonds. The highest BCUT2D eigenvalue weighted by Crippen LogP contribution is 2.24. The molecule has 6 heteroatoms. The molecule has 1 saturated heterocycles. The standard InChI is InChI=1S/C17H16N2O3S/c1-11-4-6-12(7-5-11)22-16-13(3-2-9-18-16)15(20)19-14-8-10-23-17(14)21/h2-7,9,14H,8,10H2,1H3,(H,19,20)/t14-/m0/s1. The number of pyridine rings is 1. The molecular formula is C17H16N2O3S. The van der Waals surface area contributed by atoms with E-state index in [4.69, 9.17) is 4.74 Å². The quantitative estimate of drug-likeness (QED) is 0.934. The van der Waals surface area contributed by atoms with Crippen LogP contribution in [-0.2, 0) is 4.79 Å². The van der Waals surface area contributed by atoms with Crippen LogP contribution in [0.1, 0.15) is 22.3 Å². The van der Waals surface area contributed by atoms with Gasteiger partial charge in [0.2, 0.25) is 11.0 Å². The van der Waals surface area contributed by atoms with E-state index in [2.05, 4.69) is 10.3 Å². The summed E-state index contributed by atoms with van der Waals surface area (Å²) in [7, 11) is 0. The summed E-state index contributed by atoms with van der Waals surface area (Å²) in [5, 5.41) is 2.75. The Morgan fingerprint density at radius 1 is 1.30 bits per heavy atom. The first-order chi connectivity index (χ1) is 11.1. The number of hydrogen-bond acceptors (Lipinski definition) is 5. The summed E-state index contributed by atoms with van der Waals surface area (Å²) in [6, 6.07) is 10.4. The van der Waals surface area contributed by atoms with Crippen LogP contribution in [0.3, 0.4) is 0 Å². The molecule has 1 aliphatic heterocycles. The van der Waals surface area contributed by atoms with Gasteiger partial charge in [0, 0.05) is 11.9 Å². The topological polar surface area (TPSA) is 68.3 Å². The average molecular weight is 328 g/mol. The lowest BCUT2D eigenvalue weighted by Gasteiger charge is -2.13. The fraction of sp³-hybridized carbons (Fsp3) is 0.235. The predicted octanol–water partition coefficient (Wildman–Crippen LogP) is 2.94. The molecule has 0 unspecified atom stereocenters. The molecule has 2 aromatic rings. The highest BCUT2D eigenvalue weighted by atomic mass is 32.2. The minimum absolute atomic E-state index is 0.00300. The smallest absolute Gasteiger partial charge is 0.257 e. The number of nitrogens with zero attached hydrogens (tertiary/aromatic N) is 1. The zero-order valence-corrected chi connectivity index (χ0v) is 13.4. The molecule has 3 rings (SSSR count). The lowest BCUT2D eigenvalue weighted by atomic mass is 10.2. The number of carbonyl (C=O) groups is 2. The molecule has 0 radical (unpaired) electrons. The number of thioether (sulfide) groups is 1. The Labute approximate surface area is 138 Å². The molecule has 1 aromatic heterocycles. The first kappa shape index (κ1) is 15.6. The third kappa shape index (κ3) is 3.71. The lowest BCUT2D eigenvalue weighted by molar-refractivity contribution is -0.112. The van der Waals surface area contributed by atoms with E-state index in [1.54, 1.807) is 18.3 Å². The fourth-order valence-electron chi connectivity index (χ4n) is 2.23.